The molecule has 0 atom stereocenters. The molecule has 0 radical (unpaired) electrons. The third kappa shape index (κ3) is 2.39. The minimum atomic E-state index is 0.751. The predicted octanol–water partition coefficient (Wildman–Crippen LogP) is 2.92. The molecule has 2 heterocycles. The Morgan fingerprint density at radius 1 is 1.07 bits per heavy atom. The molecule has 2 aromatic heterocycles. The third-order valence-electron chi connectivity index (χ3n) is 1.98. The van der Waals surface area contributed by atoms with Gasteiger partial charge in [0.1, 0.15) is 10.4 Å². The lowest BCUT2D eigenvalue weighted by Gasteiger charge is -2.03. The van der Waals surface area contributed by atoms with Crippen LogP contribution in [0, 0.1) is 13.8 Å². The number of hydrogen-bond acceptors (Lipinski definition) is 3. The van der Waals surface area contributed by atoms with Gasteiger partial charge in [0.25, 0.3) is 0 Å². The first kappa shape index (κ1) is 10.2. The molecular weight excluding hydrogens is 254 g/mol. The van der Waals surface area contributed by atoms with Crippen molar-refractivity contribution in [3.63, 3.8) is 0 Å². The Hall–Kier alpha value is -1.29. The topological polar surface area (TPSA) is 38.7 Å². The normalized spacial score (nSPS) is 10.3. The maximum Gasteiger partial charge on any atom is 0.127 e. The standard InChI is InChI=1S/C11H10BrN3/c1-7-3-9(6-13-5-7)10-4-11(12)15-8(2)14-10/h3-6H,1-2H3. The van der Waals surface area contributed by atoms with E-state index >= 15 is 0 Å². The van der Waals surface area contributed by atoms with Gasteiger partial charge in [0.2, 0.25) is 0 Å². The third-order valence-corrected chi connectivity index (χ3v) is 2.38. The molecule has 0 bridgehead atoms. The van der Waals surface area contributed by atoms with Crippen molar-refractivity contribution in [2.75, 3.05) is 0 Å². The molecule has 0 saturated heterocycles. The highest BCUT2D eigenvalue weighted by Gasteiger charge is 2.03. The second-order valence-electron chi connectivity index (χ2n) is 3.37. The summed E-state index contributed by atoms with van der Waals surface area (Å²) in [5.74, 6) is 0.751. The van der Waals surface area contributed by atoms with Gasteiger partial charge in [-0.3, -0.25) is 4.98 Å². The van der Waals surface area contributed by atoms with E-state index < -0.39 is 0 Å². The van der Waals surface area contributed by atoms with Crippen LogP contribution in [0.25, 0.3) is 11.3 Å². The van der Waals surface area contributed by atoms with Crippen LogP contribution in [0.2, 0.25) is 0 Å². The summed E-state index contributed by atoms with van der Waals surface area (Å²) in [5.41, 5.74) is 3.03. The van der Waals surface area contributed by atoms with Gasteiger partial charge in [-0.15, -0.1) is 0 Å². The van der Waals surface area contributed by atoms with E-state index in [2.05, 4.69) is 36.9 Å². The number of aryl methyl sites for hydroxylation is 2. The van der Waals surface area contributed by atoms with Crippen LogP contribution in [0.3, 0.4) is 0 Å². The van der Waals surface area contributed by atoms with Crippen molar-refractivity contribution in [2.45, 2.75) is 13.8 Å². The van der Waals surface area contributed by atoms with E-state index in [1.165, 1.54) is 0 Å². The molecule has 0 fully saturated rings. The zero-order chi connectivity index (χ0) is 10.8. The van der Waals surface area contributed by atoms with E-state index in [-0.39, 0.29) is 0 Å². The molecule has 2 rings (SSSR count). The van der Waals surface area contributed by atoms with E-state index in [0.29, 0.717) is 0 Å². The predicted molar refractivity (Wildman–Crippen MR) is 62.4 cm³/mol. The first-order valence-electron chi connectivity index (χ1n) is 4.58. The highest BCUT2D eigenvalue weighted by molar-refractivity contribution is 9.10. The summed E-state index contributed by atoms with van der Waals surface area (Å²) in [6.45, 7) is 3.89. The molecule has 15 heavy (non-hydrogen) atoms. The van der Waals surface area contributed by atoms with Gasteiger partial charge < -0.3 is 0 Å². The minimum Gasteiger partial charge on any atom is -0.264 e. The minimum absolute atomic E-state index is 0.751. The van der Waals surface area contributed by atoms with Gasteiger partial charge in [-0.2, -0.15) is 0 Å². The second kappa shape index (κ2) is 4.06. The van der Waals surface area contributed by atoms with Crippen LogP contribution in [0.15, 0.2) is 29.1 Å². The zero-order valence-electron chi connectivity index (χ0n) is 8.53. The van der Waals surface area contributed by atoms with Crippen molar-refractivity contribution in [2.24, 2.45) is 0 Å². The molecule has 2 aromatic rings. The Balaban J connectivity index is 2.54. The van der Waals surface area contributed by atoms with Crippen molar-refractivity contribution in [1.29, 1.82) is 0 Å². The summed E-state index contributed by atoms with van der Waals surface area (Å²) in [6.07, 6.45) is 3.63. The Morgan fingerprint density at radius 3 is 2.53 bits per heavy atom. The molecular formula is C11H10BrN3. The summed E-state index contributed by atoms with van der Waals surface area (Å²) >= 11 is 3.36. The molecule has 76 valence electrons. The Labute approximate surface area is 96.7 Å². The Bertz CT molecular complexity index is 477. The van der Waals surface area contributed by atoms with Gasteiger partial charge >= 0.3 is 0 Å². The summed E-state index contributed by atoms with van der Waals surface area (Å²) in [6, 6.07) is 3.95. The monoisotopic (exact) mass is 263 g/mol. The molecule has 0 N–H and O–H groups in total. The molecule has 4 heteroatoms. The van der Waals surface area contributed by atoms with E-state index in [9.17, 15) is 0 Å². The van der Waals surface area contributed by atoms with Crippen LogP contribution in [0.1, 0.15) is 11.4 Å². The summed E-state index contributed by atoms with van der Waals surface area (Å²) in [5, 5.41) is 0. The van der Waals surface area contributed by atoms with E-state index in [4.69, 9.17) is 0 Å². The first-order valence-corrected chi connectivity index (χ1v) is 5.37. The number of hydrogen-bond donors (Lipinski definition) is 0. The molecule has 3 nitrogen and oxygen atoms in total. The average molecular weight is 264 g/mol. The molecule has 0 aliphatic carbocycles. The highest BCUT2D eigenvalue weighted by Crippen LogP contribution is 2.19. The van der Waals surface area contributed by atoms with Crippen molar-refractivity contribution < 1.29 is 0 Å². The van der Waals surface area contributed by atoms with E-state index in [1.807, 2.05) is 26.1 Å². The van der Waals surface area contributed by atoms with Crippen molar-refractivity contribution >= 4 is 15.9 Å². The average Bonchev–Trinajstić information content (AvgIpc) is 2.16. The van der Waals surface area contributed by atoms with Gasteiger partial charge in [-0.1, -0.05) is 0 Å². The van der Waals surface area contributed by atoms with Gasteiger partial charge in [0.15, 0.2) is 0 Å². The van der Waals surface area contributed by atoms with Crippen molar-refractivity contribution in [3.8, 4) is 11.3 Å². The fourth-order valence-electron chi connectivity index (χ4n) is 1.37. The SMILES string of the molecule is Cc1cncc(-c2cc(Br)nc(C)n2)c1. The smallest absolute Gasteiger partial charge is 0.127 e. The summed E-state index contributed by atoms with van der Waals surface area (Å²) in [4.78, 5) is 12.7. The molecule has 0 spiro atoms. The largest absolute Gasteiger partial charge is 0.264 e. The van der Waals surface area contributed by atoms with Crippen LogP contribution in [0.4, 0.5) is 0 Å². The van der Waals surface area contributed by atoms with Crippen molar-refractivity contribution in [3.05, 3.63) is 40.5 Å². The number of aromatic nitrogens is 3. The Kier molecular flexibility index (Phi) is 2.77. The van der Waals surface area contributed by atoms with Gasteiger partial charge in [-0.25, -0.2) is 9.97 Å². The van der Waals surface area contributed by atoms with Crippen LogP contribution in [-0.2, 0) is 0 Å². The number of halogens is 1. The maximum absolute atomic E-state index is 4.36. The number of nitrogens with zero attached hydrogens (tertiary/aromatic N) is 3. The van der Waals surface area contributed by atoms with Gasteiger partial charge in [0, 0.05) is 18.0 Å². The fraction of sp³-hybridized carbons (Fsp3) is 0.182. The number of rotatable bonds is 1. The molecule has 0 aromatic carbocycles. The molecule has 0 aliphatic heterocycles. The maximum atomic E-state index is 4.36. The fourth-order valence-corrected chi connectivity index (χ4v) is 1.85. The van der Waals surface area contributed by atoms with E-state index in [1.54, 1.807) is 6.20 Å². The lowest BCUT2D eigenvalue weighted by molar-refractivity contribution is 1.04. The second-order valence-corrected chi connectivity index (χ2v) is 4.19. The van der Waals surface area contributed by atoms with Crippen molar-refractivity contribution in [1.82, 2.24) is 15.0 Å². The Morgan fingerprint density at radius 2 is 1.87 bits per heavy atom. The molecule has 0 amide bonds. The molecule has 0 saturated carbocycles. The van der Waals surface area contributed by atoms with Gasteiger partial charge in [0.05, 0.1) is 5.69 Å². The molecule has 0 aliphatic rings. The molecule has 0 unspecified atom stereocenters. The lowest BCUT2D eigenvalue weighted by atomic mass is 10.1. The van der Waals surface area contributed by atoms with Gasteiger partial charge in [-0.05, 0) is 47.5 Å². The van der Waals surface area contributed by atoms with Crippen LogP contribution in [-0.4, -0.2) is 15.0 Å². The van der Waals surface area contributed by atoms with E-state index in [0.717, 1.165) is 27.2 Å². The summed E-state index contributed by atoms with van der Waals surface area (Å²) in [7, 11) is 0. The highest BCUT2D eigenvalue weighted by atomic mass is 79.9. The quantitative estimate of drug-likeness (QED) is 0.743. The van der Waals surface area contributed by atoms with Crippen LogP contribution < -0.4 is 0 Å². The number of pyridine rings is 1. The zero-order valence-corrected chi connectivity index (χ0v) is 10.1. The van der Waals surface area contributed by atoms with Crippen LogP contribution >= 0.6 is 15.9 Å². The lowest BCUT2D eigenvalue weighted by Crippen LogP contribution is -1.92. The first-order chi connectivity index (χ1) is 7.15. The van der Waals surface area contributed by atoms with Crippen LogP contribution in [0.5, 0.6) is 0 Å². The summed E-state index contributed by atoms with van der Waals surface area (Å²) < 4.78 is 0.798.